The third-order valence-corrected chi connectivity index (χ3v) is 5.39. The molecule has 25 heavy (non-hydrogen) atoms. The zero-order valence-electron chi connectivity index (χ0n) is 14.8. The molecule has 1 saturated heterocycles. The number of nitrogens with one attached hydrogen (secondary N) is 1. The standard InChI is InChI=1S/C19H28FN3O2/c1-14(19(25)21-18(8-13-24)15-2-3-15)22-9-11-23(12-10-22)17-6-4-16(20)5-7-17/h4-7,14-15,18,24H,2-3,8-13H2,1H3,(H,21,25). The van der Waals surface area contributed by atoms with Crippen LogP contribution in [0, 0.1) is 11.7 Å². The van der Waals surface area contributed by atoms with Crippen molar-refractivity contribution in [1.29, 1.82) is 0 Å². The summed E-state index contributed by atoms with van der Waals surface area (Å²) in [5, 5.41) is 12.3. The number of anilines is 1. The van der Waals surface area contributed by atoms with E-state index in [4.69, 9.17) is 0 Å². The smallest absolute Gasteiger partial charge is 0.237 e. The number of nitrogens with zero attached hydrogens (tertiary/aromatic N) is 2. The Morgan fingerprint density at radius 1 is 1.24 bits per heavy atom. The highest BCUT2D eigenvalue weighted by molar-refractivity contribution is 5.81. The van der Waals surface area contributed by atoms with Gasteiger partial charge in [0.1, 0.15) is 5.82 Å². The summed E-state index contributed by atoms with van der Waals surface area (Å²) in [6.45, 7) is 5.33. The summed E-state index contributed by atoms with van der Waals surface area (Å²) in [5.41, 5.74) is 1.02. The molecule has 1 aliphatic heterocycles. The van der Waals surface area contributed by atoms with Crippen LogP contribution >= 0.6 is 0 Å². The number of carbonyl (C=O) groups excluding carboxylic acids is 1. The van der Waals surface area contributed by atoms with Crippen LogP contribution < -0.4 is 10.2 Å². The Morgan fingerprint density at radius 2 is 1.88 bits per heavy atom. The van der Waals surface area contributed by atoms with Crippen molar-refractivity contribution in [2.75, 3.05) is 37.7 Å². The lowest BCUT2D eigenvalue weighted by molar-refractivity contribution is -0.127. The molecule has 5 nitrogen and oxygen atoms in total. The molecule has 138 valence electrons. The van der Waals surface area contributed by atoms with E-state index in [2.05, 4.69) is 15.1 Å². The van der Waals surface area contributed by atoms with Crippen molar-refractivity contribution in [2.45, 2.75) is 38.3 Å². The van der Waals surface area contributed by atoms with Crippen LogP contribution in [0.5, 0.6) is 0 Å². The van der Waals surface area contributed by atoms with Gasteiger partial charge in [-0.3, -0.25) is 9.69 Å². The molecule has 2 unspecified atom stereocenters. The van der Waals surface area contributed by atoms with Crippen LogP contribution in [0.2, 0.25) is 0 Å². The highest BCUT2D eigenvalue weighted by Crippen LogP contribution is 2.34. The Labute approximate surface area is 148 Å². The van der Waals surface area contributed by atoms with Crippen molar-refractivity contribution in [2.24, 2.45) is 5.92 Å². The molecule has 0 aromatic heterocycles. The fraction of sp³-hybridized carbons (Fsp3) is 0.632. The molecule has 1 aromatic carbocycles. The lowest BCUT2D eigenvalue weighted by atomic mass is 10.1. The van der Waals surface area contributed by atoms with Gasteiger partial charge in [-0.2, -0.15) is 0 Å². The summed E-state index contributed by atoms with van der Waals surface area (Å²) in [7, 11) is 0. The quantitative estimate of drug-likeness (QED) is 0.785. The van der Waals surface area contributed by atoms with Crippen LogP contribution in [0.1, 0.15) is 26.2 Å². The molecular weight excluding hydrogens is 321 g/mol. The van der Waals surface area contributed by atoms with E-state index in [0.29, 0.717) is 12.3 Å². The third kappa shape index (κ3) is 4.70. The molecule has 0 spiro atoms. The lowest BCUT2D eigenvalue weighted by Gasteiger charge is -2.39. The molecule has 6 heteroatoms. The number of aliphatic hydroxyl groups excluding tert-OH is 1. The largest absolute Gasteiger partial charge is 0.396 e. The maximum Gasteiger partial charge on any atom is 0.237 e. The Kier molecular flexibility index (Phi) is 5.91. The lowest BCUT2D eigenvalue weighted by Crippen LogP contribution is -2.55. The minimum Gasteiger partial charge on any atom is -0.396 e. The molecule has 1 heterocycles. The molecule has 2 aliphatic rings. The Morgan fingerprint density at radius 3 is 2.44 bits per heavy atom. The maximum atomic E-state index is 13.0. The van der Waals surface area contributed by atoms with Crippen molar-refractivity contribution < 1.29 is 14.3 Å². The van der Waals surface area contributed by atoms with Crippen LogP contribution in [0.25, 0.3) is 0 Å². The van der Waals surface area contributed by atoms with Crippen molar-refractivity contribution in [3.05, 3.63) is 30.1 Å². The van der Waals surface area contributed by atoms with Crippen molar-refractivity contribution in [3.63, 3.8) is 0 Å². The van der Waals surface area contributed by atoms with E-state index in [1.807, 2.05) is 6.92 Å². The molecule has 1 aromatic rings. The van der Waals surface area contributed by atoms with Crippen molar-refractivity contribution in [1.82, 2.24) is 10.2 Å². The molecule has 2 atom stereocenters. The summed E-state index contributed by atoms with van der Waals surface area (Å²) in [6.07, 6.45) is 2.94. The molecular formula is C19H28FN3O2. The first-order valence-corrected chi connectivity index (χ1v) is 9.24. The summed E-state index contributed by atoms with van der Waals surface area (Å²) in [4.78, 5) is 17.0. The first-order chi connectivity index (χ1) is 12.1. The number of halogens is 1. The van der Waals surface area contributed by atoms with Gasteiger partial charge < -0.3 is 15.3 Å². The minimum absolute atomic E-state index is 0.0561. The number of piperazine rings is 1. The van der Waals surface area contributed by atoms with Crippen LogP contribution in [-0.2, 0) is 4.79 Å². The van der Waals surface area contributed by atoms with E-state index in [1.165, 1.54) is 12.1 Å². The van der Waals surface area contributed by atoms with Gasteiger partial charge in [-0.15, -0.1) is 0 Å². The molecule has 1 aliphatic carbocycles. The SMILES string of the molecule is CC(C(=O)NC(CCO)C1CC1)N1CCN(c2ccc(F)cc2)CC1. The summed E-state index contributed by atoms with van der Waals surface area (Å²) in [6, 6.07) is 6.51. The fourth-order valence-corrected chi connectivity index (χ4v) is 3.55. The van der Waals surface area contributed by atoms with Crippen LogP contribution in [0.15, 0.2) is 24.3 Å². The molecule has 2 N–H and O–H groups in total. The normalized spacial score (nSPS) is 21.0. The molecule has 2 fully saturated rings. The number of rotatable bonds is 7. The fourth-order valence-electron chi connectivity index (χ4n) is 3.55. The molecule has 3 rings (SSSR count). The number of hydrogen-bond acceptors (Lipinski definition) is 4. The van der Waals surface area contributed by atoms with Gasteiger partial charge in [-0.05, 0) is 56.4 Å². The minimum atomic E-state index is -0.222. The van der Waals surface area contributed by atoms with E-state index in [1.54, 1.807) is 12.1 Å². The first kappa shape index (κ1) is 18.1. The second-order valence-electron chi connectivity index (χ2n) is 7.14. The van der Waals surface area contributed by atoms with Gasteiger partial charge in [0, 0.05) is 44.5 Å². The van der Waals surface area contributed by atoms with Gasteiger partial charge in [-0.25, -0.2) is 4.39 Å². The zero-order valence-corrected chi connectivity index (χ0v) is 14.8. The Bertz CT molecular complexity index is 569. The monoisotopic (exact) mass is 349 g/mol. The second-order valence-corrected chi connectivity index (χ2v) is 7.14. The van der Waals surface area contributed by atoms with Gasteiger partial charge >= 0.3 is 0 Å². The Balaban J connectivity index is 1.49. The van der Waals surface area contributed by atoms with Crippen LogP contribution in [-0.4, -0.2) is 60.8 Å². The highest BCUT2D eigenvalue weighted by Gasteiger charge is 2.34. The van der Waals surface area contributed by atoms with Gasteiger partial charge in [0.15, 0.2) is 0 Å². The van der Waals surface area contributed by atoms with E-state index >= 15 is 0 Å². The molecule has 0 radical (unpaired) electrons. The van der Waals surface area contributed by atoms with E-state index in [9.17, 15) is 14.3 Å². The molecule has 0 bridgehead atoms. The number of hydrogen-bond donors (Lipinski definition) is 2. The van der Waals surface area contributed by atoms with Crippen LogP contribution in [0.3, 0.4) is 0 Å². The number of benzene rings is 1. The van der Waals surface area contributed by atoms with E-state index in [0.717, 1.165) is 44.7 Å². The van der Waals surface area contributed by atoms with Crippen molar-refractivity contribution >= 4 is 11.6 Å². The van der Waals surface area contributed by atoms with E-state index < -0.39 is 0 Å². The van der Waals surface area contributed by atoms with Crippen molar-refractivity contribution in [3.8, 4) is 0 Å². The molecule has 1 saturated carbocycles. The van der Waals surface area contributed by atoms with Gasteiger partial charge in [0.2, 0.25) is 5.91 Å². The van der Waals surface area contributed by atoms with Gasteiger partial charge in [-0.1, -0.05) is 0 Å². The topological polar surface area (TPSA) is 55.8 Å². The van der Waals surface area contributed by atoms with Gasteiger partial charge in [0.25, 0.3) is 0 Å². The number of amides is 1. The van der Waals surface area contributed by atoms with Crippen LogP contribution in [0.4, 0.5) is 10.1 Å². The van der Waals surface area contributed by atoms with E-state index in [-0.39, 0.29) is 30.4 Å². The predicted octanol–water partition coefficient (Wildman–Crippen LogP) is 1.61. The summed E-state index contributed by atoms with van der Waals surface area (Å²) in [5.74, 6) is 0.375. The number of aliphatic hydroxyl groups is 1. The second kappa shape index (κ2) is 8.15. The predicted molar refractivity (Wildman–Crippen MR) is 96.0 cm³/mol. The average Bonchev–Trinajstić information content (AvgIpc) is 3.46. The summed E-state index contributed by atoms with van der Waals surface area (Å²) < 4.78 is 13.0. The zero-order chi connectivity index (χ0) is 17.8. The highest BCUT2D eigenvalue weighted by atomic mass is 19.1. The Hall–Kier alpha value is -1.66. The molecule has 1 amide bonds. The van der Waals surface area contributed by atoms with Gasteiger partial charge in [0.05, 0.1) is 6.04 Å². The first-order valence-electron chi connectivity index (χ1n) is 9.24. The summed E-state index contributed by atoms with van der Waals surface area (Å²) >= 11 is 0. The number of carbonyl (C=O) groups is 1. The maximum absolute atomic E-state index is 13.0. The third-order valence-electron chi connectivity index (χ3n) is 5.39. The average molecular weight is 349 g/mol.